The van der Waals surface area contributed by atoms with Crippen LogP contribution >= 0.6 is 0 Å². The molecule has 7 heteroatoms. The molecule has 2 aromatic rings. The zero-order chi connectivity index (χ0) is 22.3. The van der Waals surface area contributed by atoms with Crippen molar-refractivity contribution in [3.8, 4) is 11.5 Å². The number of ether oxygens (including phenoxy) is 3. The zero-order valence-corrected chi connectivity index (χ0v) is 19.2. The first-order valence-electron chi connectivity index (χ1n) is 10.8. The molecule has 0 saturated heterocycles. The van der Waals surface area contributed by atoms with Gasteiger partial charge in [-0.1, -0.05) is 18.2 Å². The molecule has 0 aromatic heterocycles. The Morgan fingerprint density at radius 2 is 1.71 bits per heavy atom. The van der Waals surface area contributed by atoms with Crippen LogP contribution in [-0.2, 0) is 17.7 Å². The fourth-order valence-electron chi connectivity index (χ4n) is 3.09. The molecule has 0 unspecified atom stereocenters. The molecule has 0 heterocycles. The van der Waals surface area contributed by atoms with Crippen LogP contribution in [0.3, 0.4) is 0 Å². The lowest BCUT2D eigenvalue weighted by Crippen LogP contribution is -2.37. The molecule has 0 amide bonds. The van der Waals surface area contributed by atoms with Crippen LogP contribution in [0.15, 0.2) is 47.5 Å². The van der Waals surface area contributed by atoms with Crippen LogP contribution < -0.4 is 25.4 Å². The second-order valence-electron chi connectivity index (χ2n) is 6.99. The Labute approximate surface area is 186 Å². The smallest absolute Gasteiger partial charge is 0.191 e. The van der Waals surface area contributed by atoms with Crippen LogP contribution in [0.4, 0.5) is 5.69 Å². The summed E-state index contributed by atoms with van der Waals surface area (Å²) in [6, 6.07) is 14.5. The number of methoxy groups -OCH3 is 2. The Hall–Kier alpha value is -2.93. The van der Waals surface area contributed by atoms with E-state index < -0.39 is 0 Å². The van der Waals surface area contributed by atoms with Gasteiger partial charge in [-0.15, -0.1) is 0 Å². The van der Waals surface area contributed by atoms with Gasteiger partial charge in [0.05, 0.1) is 20.3 Å². The van der Waals surface area contributed by atoms with Crippen LogP contribution in [0.25, 0.3) is 0 Å². The highest BCUT2D eigenvalue weighted by atomic mass is 16.5. The molecular formula is C24H36N4O3. The van der Waals surface area contributed by atoms with E-state index in [-0.39, 0.29) is 0 Å². The van der Waals surface area contributed by atoms with E-state index in [0.717, 1.165) is 49.1 Å². The minimum absolute atomic E-state index is 0.621. The second kappa shape index (κ2) is 14.1. The number of hydrogen-bond donors (Lipinski definition) is 3. The number of anilines is 1. The van der Waals surface area contributed by atoms with Gasteiger partial charge in [0.25, 0.3) is 0 Å². The third kappa shape index (κ3) is 8.76. The molecule has 0 atom stereocenters. The van der Waals surface area contributed by atoms with Crippen molar-refractivity contribution in [2.75, 3.05) is 52.9 Å². The van der Waals surface area contributed by atoms with Gasteiger partial charge in [0, 0.05) is 39.5 Å². The van der Waals surface area contributed by atoms with Crippen molar-refractivity contribution in [3.05, 3.63) is 53.6 Å². The Morgan fingerprint density at radius 1 is 0.935 bits per heavy atom. The average Bonchev–Trinajstić information content (AvgIpc) is 2.80. The molecule has 3 N–H and O–H groups in total. The second-order valence-corrected chi connectivity index (χ2v) is 6.99. The number of guanidine groups is 1. The average molecular weight is 429 g/mol. The molecule has 0 saturated carbocycles. The van der Waals surface area contributed by atoms with Crippen LogP contribution in [0.5, 0.6) is 11.5 Å². The van der Waals surface area contributed by atoms with Crippen molar-refractivity contribution in [2.45, 2.75) is 26.3 Å². The summed E-state index contributed by atoms with van der Waals surface area (Å²) in [5, 5.41) is 10.1. The predicted molar refractivity (Wildman–Crippen MR) is 127 cm³/mol. The fraction of sp³-hybridized carbons (Fsp3) is 0.458. The predicted octanol–water partition coefficient (Wildman–Crippen LogP) is 3.45. The van der Waals surface area contributed by atoms with Gasteiger partial charge in [-0.2, -0.15) is 0 Å². The lowest BCUT2D eigenvalue weighted by atomic mass is 10.1. The lowest BCUT2D eigenvalue weighted by Gasteiger charge is -2.13. The summed E-state index contributed by atoms with van der Waals surface area (Å²) < 4.78 is 16.1. The van der Waals surface area contributed by atoms with Gasteiger partial charge in [-0.25, -0.2) is 0 Å². The number of aryl methyl sites for hydroxylation is 1. The van der Waals surface area contributed by atoms with Gasteiger partial charge in [0.1, 0.15) is 0 Å². The SMILES string of the molecule is CCOc1cc(CCCNC(=NC)NCc2ccc(NCCOC)cc2)ccc1OC. The monoisotopic (exact) mass is 428 g/mol. The van der Waals surface area contributed by atoms with Crippen LogP contribution in [0.2, 0.25) is 0 Å². The van der Waals surface area contributed by atoms with E-state index in [4.69, 9.17) is 14.2 Å². The Kier molecular flexibility index (Phi) is 11.1. The summed E-state index contributed by atoms with van der Waals surface area (Å²) in [4.78, 5) is 4.31. The maximum atomic E-state index is 5.66. The summed E-state index contributed by atoms with van der Waals surface area (Å²) in [7, 11) is 5.15. The van der Waals surface area contributed by atoms with E-state index >= 15 is 0 Å². The molecule has 2 rings (SSSR count). The number of nitrogens with zero attached hydrogens (tertiary/aromatic N) is 1. The molecule has 2 aromatic carbocycles. The third-order valence-corrected chi connectivity index (χ3v) is 4.74. The molecule has 0 fully saturated rings. The van der Waals surface area contributed by atoms with Crippen molar-refractivity contribution in [1.82, 2.24) is 10.6 Å². The zero-order valence-electron chi connectivity index (χ0n) is 19.2. The summed E-state index contributed by atoms with van der Waals surface area (Å²) in [5.41, 5.74) is 3.52. The number of nitrogens with one attached hydrogen (secondary N) is 3. The first-order chi connectivity index (χ1) is 15.2. The molecular weight excluding hydrogens is 392 g/mol. The Bertz CT molecular complexity index is 794. The maximum absolute atomic E-state index is 5.66. The van der Waals surface area contributed by atoms with Crippen molar-refractivity contribution < 1.29 is 14.2 Å². The molecule has 0 radical (unpaired) electrons. The molecule has 0 aliphatic heterocycles. The first-order valence-corrected chi connectivity index (χ1v) is 10.8. The number of hydrogen-bond acceptors (Lipinski definition) is 5. The fourth-order valence-corrected chi connectivity index (χ4v) is 3.09. The molecule has 170 valence electrons. The first kappa shape index (κ1) is 24.3. The van der Waals surface area contributed by atoms with Crippen LogP contribution in [0.1, 0.15) is 24.5 Å². The van der Waals surface area contributed by atoms with Gasteiger partial charge in [0.15, 0.2) is 17.5 Å². The minimum atomic E-state index is 0.621. The van der Waals surface area contributed by atoms with Gasteiger partial charge >= 0.3 is 0 Å². The van der Waals surface area contributed by atoms with Gasteiger partial charge in [-0.05, 0) is 55.2 Å². The largest absolute Gasteiger partial charge is 0.493 e. The van der Waals surface area contributed by atoms with Gasteiger partial charge in [0.2, 0.25) is 0 Å². The van der Waals surface area contributed by atoms with E-state index in [9.17, 15) is 0 Å². The van der Waals surface area contributed by atoms with Crippen molar-refractivity contribution in [2.24, 2.45) is 4.99 Å². The maximum Gasteiger partial charge on any atom is 0.191 e. The van der Waals surface area contributed by atoms with Gasteiger partial charge < -0.3 is 30.2 Å². The number of benzene rings is 2. The van der Waals surface area contributed by atoms with E-state index in [0.29, 0.717) is 19.8 Å². The molecule has 0 bridgehead atoms. The third-order valence-electron chi connectivity index (χ3n) is 4.74. The van der Waals surface area contributed by atoms with Gasteiger partial charge in [-0.3, -0.25) is 4.99 Å². The van der Waals surface area contributed by atoms with E-state index in [2.05, 4.69) is 57.3 Å². The van der Waals surface area contributed by atoms with Crippen molar-refractivity contribution in [1.29, 1.82) is 0 Å². The number of rotatable bonds is 13. The highest BCUT2D eigenvalue weighted by Gasteiger charge is 2.05. The normalized spacial score (nSPS) is 11.2. The molecule has 0 aliphatic rings. The molecule has 0 spiro atoms. The lowest BCUT2D eigenvalue weighted by molar-refractivity contribution is 0.211. The summed E-state index contributed by atoms with van der Waals surface area (Å²) in [6.07, 6.45) is 1.94. The Balaban J connectivity index is 1.72. The van der Waals surface area contributed by atoms with Crippen molar-refractivity contribution >= 4 is 11.6 Å². The Morgan fingerprint density at radius 3 is 2.39 bits per heavy atom. The van der Waals surface area contributed by atoms with Crippen molar-refractivity contribution in [3.63, 3.8) is 0 Å². The molecule has 7 nitrogen and oxygen atoms in total. The van der Waals surface area contributed by atoms with E-state index in [1.807, 2.05) is 13.0 Å². The van der Waals surface area contributed by atoms with E-state index in [1.165, 1.54) is 11.1 Å². The molecule has 0 aliphatic carbocycles. The quantitative estimate of drug-likeness (QED) is 0.258. The van der Waals surface area contributed by atoms with E-state index in [1.54, 1.807) is 21.3 Å². The molecule has 31 heavy (non-hydrogen) atoms. The standard InChI is InChI=1S/C24H36N4O3/c1-5-31-23-17-19(10-13-22(23)30-4)7-6-14-27-24(25-2)28-18-20-8-11-21(12-9-20)26-15-16-29-3/h8-13,17,26H,5-7,14-16,18H2,1-4H3,(H2,25,27,28). The topological polar surface area (TPSA) is 76.1 Å². The minimum Gasteiger partial charge on any atom is -0.493 e. The summed E-state index contributed by atoms with van der Waals surface area (Å²) in [6.45, 7) is 5.64. The highest BCUT2D eigenvalue weighted by Crippen LogP contribution is 2.28. The summed E-state index contributed by atoms with van der Waals surface area (Å²) >= 11 is 0. The van der Waals surface area contributed by atoms with Crippen LogP contribution in [0, 0.1) is 0 Å². The van der Waals surface area contributed by atoms with Crippen LogP contribution in [-0.4, -0.2) is 53.5 Å². The highest BCUT2D eigenvalue weighted by molar-refractivity contribution is 5.79. The number of aliphatic imine (C=N–C) groups is 1. The summed E-state index contributed by atoms with van der Waals surface area (Å²) in [5.74, 6) is 2.37.